The molecule has 1 aliphatic rings. The first-order chi connectivity index (χ1) is 14.6. The first kappa shape index (κ1) is 18.7. The second kappa shape index (κ2) is 7.53. The molecule has 0 bridgehead atoms. The number of nitrogens with zero attached hydrogens (tertiary/aromatic N) is 3. The minimum Gasteiger partial charge on any atom is -0.467 e. The maximum Gasteiger partial charge on any atom is 0.231 e. The van der Waals surface area contributed by atoms with Crippen LogP contribution in [0.3, 0.4) is 0 Å². The number of carbonyl (C=O) groups is 1. The Morgan fingerprint density at radius 2 is 2.03 bits per heavy atom. The molecule has 7 nitrogen and oxygen atoms in total. The van der Waals surface area contributed by atoms with Crippen molar-refractivity contribution >= 4 is 28.6 Å². The molecule has 0 saturated carbocycles. The van der Waals surface area contributed by atoms with E-state index in [1.165, 1.54) is 11.8 Å². The topological polar surface area (TPSA) is 79.4 Å². The van der Waals surface area contributed by atoms with Crippen LogP contribution < -0.4 is 9.47 Å². The van der Waals surface area contributed by atoms with Gasteiger partial charge in [0.15, 0.2) is 17.3 Å². The van der Waals surface area contributed by atoms with E-state index in [-0.39, 0.29) is 18.3 Å². The van der Waals surface area contributed by atoms with Crippen molar-refractivity contribution in [2.24, 2.45) is 0 Å². The summed E-state index contributed by atoms with van der Waals surface area (Å²) in [5, 5.41) is 1.78. The lowest BCUT2D eigenvalue weighted by Gasteiger charge is -2.06. The first-order valence-electron chi connectivity index (χ1n) is 9.50. The predicted octanol–water partition coefficient (Wildman–Crippen LogP) is 4.39. The average molecular weight is 421 g/mol. The molecule has 0 amide bonds. The van der Waals surface area contributed by atoms with Crippen LogP contribution in [0.1, 0.15) is 27.4 Å². The lowest BCUT2D eigenvalue weighted by Crippen LogP contribution is -2.03. The maximum absolute atomic E-state index is 12.7. The Hall–Kier alpha value is -3.26. The molecule has 8 heteroatoms. The molecule has 1 aromatic carbocycles. The summed E-state index contributed by atoms with van der Waals surface area (Å²) in [7, 11) is 0. The van der Waals surface area contributed by atoms with Crippen LogP contribution in [0.5, 0.6) is 11.5 Å². The number of ketones is 1. The highest BCUT2D eigenvalue weighted by Gasteiger charge is 2.20. The number of fused-ring (bicyclic) bond motifs is 2. The predicted molar refractivity (Wildman–Crippen MR) is 112 cm³/mol. The molecule has 0 fully saturated rings. The number of thioether (sulfide) groups is 1. The molecule has 3 aromatic heterocycles. The second-order valence-corrected chi connectivity index (χ2v) is 8.00. The van der Waals surface area contributed by atoms with Crippen molar-refractivity contribution in [3.05, 3.63) is 65.5 Å². The van der Waals surface area contributed by atoms with Crippen LogP contribution in [-0.2, 0) is 6.54 Å². The quantitative estimate of drug-likeness (QED) is 0.259. The molecule has 0 N–H and O–H groups in total. The normalized spacial score (nSPS) is 12.6. The van der Waals surface area contributed by atoms with Crippen molar-refractivity contribution in [3.8, 4) is 11.5 Å². The van der Waals surface area contributed by atoms with Gasteiger partial charge in [0.05, 0.1) is 23.9 Å². The van der Waals surface area contributed by atoms with Gasteiger partial charge in [-0.15, -0.1) is 0 Å². The van der Waals surface area contributed by atoms with Crippen LogP contribution in [0.15, 0.2) is 52.4 Å². The van der Waals surface area contributed by atoms with Crippen molar-refractivity contribution in [1.29, 1.82) is 0 Å². The fourth-order valence-electron chi connectivity index (χ4n) is 3.58. The number of hydrogen-bond donors (Lipinski definition) is 0. The van der Waals surface area contributed by atoms with E-state index in [2.05, 4.69) is 28.4 Å². The van der Waals surface area contributed by atoms with Gasteiger partial charge in [-0.2, -0.15) is 0 Å². The molecular formula is C22H19N3O4S. The standard InChI is InChI=1S/C22H19N3O4S/c1-13-14(2)25(9-16-4-3-7-27-16)21-20(13)22(24-11-23-21)30-10-17(26)15-5-6-18-19(8-15)29-12-28-18/h3-8,11H,9-10,12H2,1-2H3. The Morgan fingerprint density at radius 1 is 1.17 bits per heavy atom. The zero-order chi connectivity index (χ0) is 20.7. The molecule has 4 aromatic rings. The molecular weight excluding hydrogens is 402 g/mol. The zero-order valence-corrected chi connectivity index (χ0v) is 17.4. The summed E-state index contributed by atoms with van der Waals surface area (Å²) in [5.41, 5.74) is 3.65. The number of carbonyl (C=O) groups excluding carboxylic acids is 1. The number of furan rings is 1. The van der Waals surface area contributed by atoms with Crippen LogP contribution in [0.2, 0.25) is 0 Å². The Kier molecular flexibility index (Phi) is 4.71. The molecule has 5 rings (SSSR count). The highest BCUT2D eigenvalue weighted by Crippen LogP contribution is 2.34. The fourth-order valence-corrected chi connectivity index (χ4v) is 4.53. The summed E-state index contributed by atoms with van der Waals surface area (Å²) in [6.45, 7) is 4.91. The van der Waals surface area contributed by atoms with Gasteiger partial charge in [0.1, 0.15) is 22.8 Å². The minimum atomic E-state index is 0.00876. The van der Waals surface area contributed by atoms with E-state index in [9.17, 15) is 4.79 Å². The summed E-state index contributed by atoms with van der Waals surface area (Å²) < 4.78 is 18.3. The third-order valence-corrected chi connectivity index (χ3v) is 6.29. The first-order valence-corrected chi connectivity index (χ1v) is 10.5. The molecule has 0 radical (unpaired) electrons. The number of ether oxygens (including phenoxy) is 2. The van der Waals surface area contributed by atoms with Crippen molar-refractivity contribution in [3.63, 3.8) is 0 Å². The Balaban J connectivity index is 1.41. The van der Waals surface area contributed by atoms with Crippen LogP contribution >= 0.6 is 11.8 Å². The number of rotatable bonds is 6. The molecule has 0 saturated heterocycles. The molecule has 0 atom stereocenters. The fraction of sp³-hybridized carbons (Fsp3) is 0.227. The van der Waals surface area contributed by atoms with E-state index in [4.69, 9.17) is 13.9 Å². The third kappa shape index (κ3) is 3.23. The molecule has 0 aliphatic carbocycles. The van der Waals surface area contributed by atoms with Crippen LogP contribution in [0.25, 0.3) is 11.0 Å². The SMILES string of the molecule is Cc1c(C)n(Cc2ccco2)c2ncnc(SCC(=O)c3ccc4c(c3)OCO4)c12. The van der Waals surface area contributed by atoms with Gasteiger partial charge in [-0.3, -0.25) is 4.79 Å². The van der Waals surface area contributed by atoms with Gasteiger partial charge in [-0.05, 0) is 49.7 Å². The third-order valence-electron chi connectivity index (χ3n) is 5.30. The average Bonchev–Trinajstić information content (AvgIpc) is 3.49. The van der Waals surface area contributed by atoms with Crippen LogP contribution in [0, 0.1) is 13.8 Å². The summed E-state index contributed by atoms with van der Waals surface area (Å²) in [6, 6.07) is 9.09. The van der Waals surface area contributed by atoms with E-state index in [0.29, 0.717) is 23.6 Å². The van der Waals surface area contributed by atoms with E-state index in [1.54, 1.807) is 30.8 Å². The van der Waals surface area contributed by atoms with E-state index >= 15 is 0 Å². The van der Waals surface area contributed by atoms with Gasteiger partial charge in [0, 0.05) is 11.3 Å². The number of Topliss-reactive ketones (excluding diaryl/α,β-unsaturated/α-hetero) is 1. The van der Waals surface area contributed by atoms with E-state index in [0.717, 1.165) is 33.1 Å². The van der Waals surface area contributed by atoms with Crippen molar-refractivity contribution < 1.29 is 18.7 Å². The molecule has 1 aliphatic heterocycles. The molecule has 152 valence electrons. The molecule has 0 spiro atoms. The van der Waals surface area contributed by atoms with Crippen molar-refractivity contribution in [2.75, 3.05) is 12.5 Å². The van der Waals surface area contributed by atoms with Gasteiger partial charge in [0.25, 0.3) is 0 Å². The molecule has 4 heterocycles. The van der Waals surface area contributed by atoms with Gasteiger partial charge in [0.2, 0.25) is 6.79 Å². The van der Waals surface area contributed by atoms with Gasteiger partial charge < -0.3 is 18.5 Å². The van der Waals surface area contributed by atoms with Crippen LogP contribution in [0.4, 0.5) is 0 Å². The number of aromatic nitrogens is 3. The summed E-state index contributed by atoms with van der Waals surface area (Å²) >= 11 is 1.42. The zero-order valence-electron chi connectivity index (χ0n) is 16.5. The van der Waals surface area contributed by atoms with Gasteiger partial charge in [-0.1, -0.05) is 11.8 Å². The summed E-state index contributed by atoms with van der Waals surface area (Å²) in [5.74, 6) is 2.42. The molecule has 30 heavy (non-hydrogen) atoms. The lowest BCUT2D eigenvalue weighted by atomic mass is 10.1. The highest BCUT2D eigenvalue weighted by molar-refractivity contribution is 8.00. The Labute approximate surface area is 177 Å². The Morgan fingerprint density at radius 3 is 2.87 bits per heavy atom. The smallest absolute Gasteiger partial charge is 0.231 e. The lowest BCUT2D eigenvalue weighted by molar-refractivity contribution is 0.102. The van der Waals surface area contributed by atoms with Gasteiger partial charge in [-0.25, -0.2) is 9.97 Å². The summed E-state index contributed by atoms with van der Waals surface area (Å²) in [4.78, 5) is 21.7. The number of benzene rings is 1. The minimum absolute atomic E-state index is 0.00876. The summed E-state index contributed by atoms with van der Waals surface area (Å²) in [6.07, 6.45) is 3.22. The van der Waals surface area contributed by atoms with E-state index < -0.39 is 0 Å². The number of hydrogen-bond acceptors (Lipinski definition) is 7. The maximum atomic E-state index is 12.7. The Bertz CT molecular complexity index is 1250. The monoisotopic (exact) mass is 421 g/mol. The highest BCUT2D eigenvalue weighted by atomic mass is 32.2. The van der Waals surface area contributed by atoms with Crippen LogP contribution in [-0.4, -0.2) is 32.9 Å². The number of aryl methyl sites for hydroxylation is 1. The second-order valence-electron chi connectivity index (χ2n) is 7.03. The van der Waals surface area contributed by atoms with Crippen molar-refractivity contribution in [1.82, 2.24) is 14.5 Å². The van der Waals surface area contributed by atoms with E-state index in [1.807, 2.05) is 12.1 Å². The van der Waals surface area contributed by atoms with Crippen molar-refractivity contribution in [2.45, 2.75) is 25.4 Å². The largest absolute Gasteiger partial charge is 0.467 e. The van der Waals surface area contributed by atoms with Gasteiger partial charge >= 0.3 is 0 Å². The molecule has 0 unspecified atom stereocenters.